The van der Waals surface area contributed by atoms with Crippen LogP contribution in [0.5, 0.6) is 0 Å². The van der Waals surface area contributed by atoms with Crippen LogP contribution < -0.4 is 5.73 Å². The van der Waals surface area contributed by atoms with Crippen LogP contribution in [-0.4, -0.2) is 49.3 Å². The fraction of sp³-hybridized carbons (Fsp3) is 0.750. The van der Waals surface area contributed by atoms with E-state index in [0.29, 0.717) is 6.42 Å². The molecule has 1 aliphatic rings. The summed E-state index contributed by atoms with van der Waals surface area (Å²) >= 11 is 4.68. The van der Waals surface area contributed by atoms with Gasteiger partial charge in [0.15, 0.2) is 9.84 Å². The quantitative estimate of drug-likeness (QED) is 0.661. The minimum atomic E-state index is -3.01. The van der Waals surface area contributed by atoms with Crippen molar-refractivity contribution in [2.75, 3.05) is 25.1 Å². The maximum Gasteiger partial charge on any atom is 0.226 e. The highest BCUT2D eigenvalue weighted by Crippen LogP contribution is 2.20. The Balaban J connectivity index is 2.59. The molecule has 1 aliphatic heterocycles. The number of carbonyl (C=O) groups is 1. The van der Waals surface area contributed by atoms with E-state index in [9.17, 15) is 13.2 Å². The van der Waals surface area contributed by atoms with Gasteiger partial charge in [0.1, 0.15) is 0 Å². The van der Waals surface area contributed by atoms with Crippen LogP contribution >= 0.6 is 12.2 Å². The van der Waals surface area contributed by atoms with E-state index in [1.807, 2.05) is 0 Å². The Morgan fingerprint density at radius 3 is 2.60 bits per heavy atom. The van der Waals surface area contributed by atoms with E-state index in [1.54, 1.807) is 7.05 Å². The van der Waals surface area contributed by atoms with Gasteiger partial charge in [0.25, 0.3) is 0 Å². The highest BCUT2D eigenvalue weighted by molar-refractivity contribution is 7.91. The standard InChI is InChI=1S/C8H14N2O3S2/c1-10(4-7(9)14)8(11)6-2-3-15(12,13)5-6/h6H,2-5H2,1H3,(H2,9,14). The first-order valence-electron chi connectivity index (χ1n) is 4.55. The second-order valence-corrected chi connectivity index (χ2v) is 6.51. The molecule has 5 nitrogen and oxygen atoms in total. The summed E-state index contributed by atoms with van der Waals surface area (Å²) in [5, 5.41) is 0. The zero-order valence-electron chi connectivity index (χ0n) is 8.47. The highest BCUT2D eigenvalue weighted by atomic mass is 32.2. The molecular formula is C8H14N2O3S2. The molecule has 1 heterocycles. The minimum absolute atomic E-state index is 0.0481. The fourth-order valence-corrected chi connectivity index (χ4v) is 3.54. The minimum Gasteiger partial charge on any atom is -0.392 e. The maximum atomic E-state index is 11.7. The van der Waals surface area contributed by atoms with Crippen LogP contribution in [0.2, 0.25) is 0 Å². The third-order valence-electron chi connectivity index (χ3n) is 2.35. The Labute approximate surface area is 94.5 Å². The molecule has 0 aromatic carbocycles. The predicted molar refractivity (Wildman–Crippen MR) is 61.2 cm³/mol. The second kappa shape index (κ2) is 4.44. The van der Waals surface area contributed by atoms with Gasteiger partial charge in [-0.25, -0.2) is 8.42 Å². The largest absolute Gasteiger partial charge is 0.392 e. The molecule has 1 rings (SSSR count). The summed E-state index contributed by atoms with van der Waals surface area (Å²) in [6.45, 7) is 0.199. The van der Waals surface area contributed by atoms with E-state index < -0.39 is 15.8 Å². The molecule has 1 fully saturated rings. The van der Waals surface area contributed by atoms with Gasteiger partial charge >= 0.3 is 0 Å². The lowest BCUT2D eigenvalue weighted by atomic mass is 10.1. The summed E-state index contributed by atoms with van der Waals surface area (Å²) in [5.41, 5.74) is 5.30. The number of hydrogen-bond acceptors (Lipinski definition) is 4. The van der Waals surface area contributed by atoms with Gasteiger partial charge in [0.05, 0.1) is 29.0 Å². The summed E-state index contributed by atoms with van der Waals surface area (Å²) in [7, 11) is -1.44. The molecule has 2 N–H and O–H groups in total. The molecule has 15 heavy (non-hydrogen) atoms. The molecule has 1 amide bonds. The van der Waals surface area contributed by atoms with Crippen LogP contribution in [0.3, 0.4) is 0 Å². The monoisotopic (exact) mass is 250 g/mol. The van der Waals surface area contributed by atoms with Crippen molar-refractivity contribution in [3.05, 3.63) is 0 Å². The highest BCUT2D eigenvalue weighted by Gasteiger charge is 2.34. The van der Waals surface area contributed by atoms with E-state index in [0.717, 1.165) is 0 Å². The number of nitrogens with two attached hydrogens (primary N) is 1. The number of nitrogens with zero attached hydrogens (tertiary/aromatic N) is 1. The second-order valence-electron chi connectivity index (χ2n) is 3.76. The van der Waals surface area contributed by atoms with Gasteiger partial charge in [-0.1, -0.05) is 12.2 Å². The smallest absolute Gasteiger partial charge is 0.226 e. The third-order valence-corrected chi connectivity index (χ3v) is 4.25. The van der Waals surface area contributed by atoms with Crippen LogP contribution in [-0.2, 0) is 14.6 Å². The fourth-order valence-electron chi connectivity index (χ4n) is 1.61. The van der Waals surface area contributed by atoms with Crippen LogP contribution in [0.1, 0.15) is 6.42 Å². The van der Waals surface area contributed by atoms with E-state index in [2.05, 4.69) is 12.2 Å². The summed E-state index contributed by atoms with van der Waals surface area (Å²) in [6, 6.07) is 0. The maximum absolute atomic E-state index is 11.7. The molecule has 0 aromatic rings. The zero-order chi connectivity index (χ0) is 11.6. The van der Waals surface area contributed by atoms with Crippen molar-refractivity contribution >= 4 is 33.0 Å². The average molecular weight is 250 g/mol. The van der Waals surface area contributed by atoms with Crippen molar-refractivity contribution in [2.24, 2.45) is 11.7 Å². The molecule has 1 saturated heterocycles. The SMILES string of the molecule is CN(CC(N)=S)C(=O)C1CCS(=O)(=O)C1. The molecule has 1 unspecified atom stereocenters. The lowest BCUT2D eigenvalue weighted by Gasteiger charge is -2.19. The number of likely N-dealkylation sites (N-methyl/N-ethyl adjacent to an activating group) is 1. The number of hydrogen-bond donors (Lipinski definition) is 1. The van der Waals surface area contributed by atoms with Crippen LogP contribution in [0.25, 0.3) is 0 Å². The van der Waals surface area contributed by atoms with Crippen molar-refractivity contribution in [1.29, 1.82) is 0 Å². The number of thiocarbonyl (C=S) groups is 1. The summed E-state index contributed by atoms with van der Waals surface area (Å²) in [4.78, 5) is 13.3. The first-order valence-corrected chi connectivity index (χ1v) is 6.78. The van der Waals surface area contributed by atoms with Gasteiger partial charge in [0, 0.05) is 7.05 Å². The van der Waals surface area contributed by atoms with E-state index >= 15 is 0 Å². The Hall–Kier alpha value is -0.690. The van der Waals surface area contributed by atoms with Crippen LogP contribution in [0, 0.1) is 5.92 Å². The molecule has 0 spiro atoms. The Morgan fingerprint density at radius 2 is 2.20 bits per heavy atom. The lowest BCUT2D eigenvalue weighted by molar-refractivity contribution is -0.132. The van der Waals surface area contributed by atoms with Crippen molar-refractivity contribution in [1.82, 2.24) is 4.90 Å². The molecule has 86 valence electrons. The molecule has 0 bridgehead atoms. The van der Waals surface area contributed by atoms with Crippen molar-refractivity contribution in [3.8, 4) is 0 Å². The summed E-state index contributed by atoms with van der Waals surface area (Å²) in [5.74, 6) is -0.559. The Bertz CT molecular complexity index is 377. The molecule has 1 atom stereocenters. The first-order chi connectivity index (χ1) is 6.82. The molecule has 0 radical (unpaired) electrons. The Kier molecular flexibility index (Phi) is 3.67. The van der Waals surface area contributed by atoms with Gasteiger partial charge in [-0.3, -0.25) is 4.79 Å². The number of rotatable bonds is 3. The van der Waals surface area contributed by atoms with Gasteiger partial charge < -0.3 is 10.6 Å². The van der Waals surface area contributed by atoms with Gasteiger partial charge in [-0.15, -0.1) is 0 Å². The zero-order valence-corrected chi connectivity index (χ0v) is 10.1. The molecule has 0 saturated carbocycles. The van der Waals surface area contributed by atoms with E-state index in [4.69, 9.17) is 5.73 Å². The molecule has 0 aromatic heterocycles. The topological polar surface area (TPSA) is 80.5 Å². The third kappa shape index (κ3) is 3.42. The van der Waals surface area contributed by atoms with E-state index in [-0.39, 0.29) is 28.9 Å². The number of carbonyl (C=O) groups excluding carboxylic acids is 1. The van der Waals surface area contributed by atoms with Crippen LogP contribution in [0.4, 0.5) is 0 Å². The average Bonchev–Trinajstić information content (AvgIpc) is 2.43. The summed E-state index contributed by atoms with van der Waals surface area (Å²) < 4.78 is 22.3. The number of amides is 1. The molecule has 7 heteroatoms. The van der Waals surface area contributed by atoms with Gasteiger partial charge in [-0.05, 0) is 6.42 Å². The van der Waals surface area contributed by atoms with Crippen molar-refractivity contribution in [3.63, 3.8) is 0 Å². The predicted octanol–water partition coefficient (Wildman–Crippen LogP) is -0.834. The summed E-state index contributed by atoms with van der Waals surface area (Å²) in [6.07, 6.45) is 0.406. The van der Waals surface area contributed by atoms with Gasteiger partial charge in [0.2, 0.25) is 5.91 Å². The number of sulfone groups is 1. The Morgan fingerprint density at radius 1 is 1.60 bits per heavy atom. The lowest BCUT2D eigenvalue weighted by Crippen LogP contribution is -2.38. The van der Waals surface area contributed by atoms with Gasteiger partial charge in [-0.2, -0.15) is 0 Å². The first kappa shape index (κ1) is 12.4. The molecular weight excluding hydrogens is 236 g/mol. The molecule has 0 aliphatic carbocycles. The normalized spacial score (nSPS) is 23.7. The van der Waals surface area contributed by atoms with Crippen molar-refractivity contribution in [2.45, 2.75) is 6.42 Å². The van der Waals surface area contributed by atoms with Crippen LogP contribution in [0.15, 0.2) is 0 Å². The van der Waals surface area contributed by atoms with Crippen molar-refractivity contribution < 1.29 is 13.2 Å². The van der Waals surface area contributed by atoms with E-state index in [1.165, 1.54) is 4.90 Å².